The van der Waals surface area contributed by atoms with Crippen molar-refractivity contribution in [2.45, 2.75) is 25.4 Å². The quantitative estimate of drug-likeness (QED) is 0.643. The molecule has 0 saturated heterocycles. The molecular weight excluding hydrogens is 312 g/mol. The van der Waals surface area contributed by atoms with Crippen molar-refractivity contribution in [2.75, 3.05) is 19.7 Å². The van der Waals surface area contributed by atoms with E-state index in [1.165, 1.54) is 22.9 Å². The van der Waals surface area contributed by atoms with E-state index < -0.39 is 0 Å². The predicted molar refractivity (Wildman–Crippen MR) is 100 cm³/mol. The van der Waals surface area contributed by atoms with E-state index in [0.29, 0.717) is 6.61 Å². The van der Waals surface area contributed by atoms with Crippen LogP contribution in [0.5, 0.6) is 11.5 Å². The Morgan fingerprint density at radius 3 is 2.80 bits per heavy atom. The van der Waals surface area contributed by atoms with Gasteiger partial charge in [0.2, 0.25) is 0 Å². The second-order valence-corrected chi connectivity index (χ2v) is 6.52. The number of unbranched alkanes of at least 4 members (excludes halogenated alkanes) is 1. The summed E-state index contributed by atoms with van der Waals surface area (Å²) in [6.45, 7) is 2.44. The summed E-state index contributed by atoms with van der Waals surface area (Å²) in [6.07, 6.45) is 5.68. The first kappa shape index (κ1) is 16.0. The summed E-state index contributed by atoms with van der Waals surface area (Å²) < 4.78 is 11.7. The SMILES string of the molecule is c1ccc2c(c1)OCC(CNCCCCc1c[nH]c3ccccc13)O2. The maximum Gasteiger partial charge on any atom is 0.161 e. The molecule has 1 unspecified atom stereocenters. The van der Waals surface area contributed by atoms with E-state index in [2.05, 4.69) is 40.8 Å². The minimum absolute atomic E-state index is 0.0866. The molecule has 4 heteroatoms. The molecule has 0 bridgehead atoms. The van der Waals surface area contributed by atoms with E-state index in [4.69, 9.17) is 9.47 Å². The van der Waals surface area contributed by atoms with Gasteiger partial charge in [-0.15, -0.1) is 0 Å². The van der Waals surface area contributed by atoms with Gasteiger partial charge in [0, 0.05) is 23.6 Å². The number of aromatic nitrogens is 1. The van der Waals surface area contributed by atoms with Crippen LogP contribution in [-0.2, 0) is 6.42 Å². The molecule has 0 radical (unpaired) electrons. The maximum absolute atomic E-state index is 5.95. The van der Waals surface area contributed by atoms with Crippen LogP contribution >= 0.6 is 0 Å². The zero-order chi connectivity index (χ0) is 16.9. The highest BCUT2D eigenvalue weighted by atomic mass is 16.6. The van der Waals surface area contributed by atoms with Crippen LogP contribution in [0.25, 0.3) is 10.9 Å². The van der Waals surface area contributed by atoms with Gasteiger partial charge < -0.3 is 19.8 Å². The van der Waals surface area contributed by atoms with Crippen LogP contribution < -0.4 is 14.8 Å². The Kier molecular flexibility index (Phi) is 4.89. The van der Waals surface area contributed by atoms with E-state index >= 15 is 0 Å². The van der Waals surface area contributed by atoms with Gasteiger partial charge in [0.1, 0.15) is 12.7 Å². The molecule has 1 aliphatic heterocycles. The highest BCUT2D eigenvalue weighted by molar-refractivity contribution is 5.82. The van der Waals surface area contributed by atoms with Crippen molar-refractivity contribution < 1.29 is 9.47 Å². The molecule has 4 nitrogen and oxygen atoms in total. The third kappa shape index (κ3) is 3.80. The minimum Gasteiger partial charge on any atom is -0.486 e. The number of hydrogen-bond donors (Lipinski definition) is 2. The summed E-state index contributed by atoms with van der Waals surface area (Å²) in [4.78, 5) is 3.35. The first-order valence-corrected chi connectivity index (χ1v) is 9.04. The number of aromatic amines is 1. The van der Waals surface area contributed by atoms with Gasteiger partial charge in [0.05, 0.1) is 0 Å². The molecule has 0 spiro atoms. The first-order valence-electron chi connectivity index (χ1n) is 9.04. The highest BCUT2D eigenvalue weighted by Gasteiger charge is 2.19. The van der Waals surface area contributed by atoms with Crippen LogP contribution in [0.3, 0.4) is 0 Å². The zero-order valence-corrected chi connectivity index (χ0v) is 14.3. The number of hydrogen-bond acceptors (Lipinski definition) is 3. The Morgan fingerprint density at radius 1 is 1.00 bits per heavy atom. The van der Waals surface area contributed by atoms with Crippen molar-refractivity contribution >= 4 is 10.9 Å². The van der Waals surface area contributed by atoms with Crippen molar-refractivity contribution in [3.63, 3.8) is 0 Å². The van der Waals surface area contributed by atoms with Crippen molar-refractivity contribution in [1.29, 1.82) is 0 Å². The van der Waals surface area contributed by atoms with Gasteiger partial charge in [-0.3, -0.25) is 0 Å². The normalized spacial score (nSPS) is 16.2. The van der Waals surface area contributed by atoms with E-state index in [1.807, 2.05) is 24.3 Å². The van der Waals surface area contributed by atoms with Crippen LogP contribution in [0.1, 0.15) is 18.4 Å². The number of benzene rings is 2. The molecule has 3 aromatic rings. The second-order valence-electron chi connectivity index (χ2n) is 6.52. The lowest BCUT2D eigenvalue weighted by atomic mass is 10.1. The van der Waals surface area contributed by atoms with E-state index in [1.54, 1.807) is 0 Å². The number of rotatable bonds is 7. The molecule has 1 aromatic heterocycles. The summed E-state index contributed by atoms with van der Waals surface area (Å²) in [5.41, 5.74) is 2.64. The van der Waals surface area contributed by atoms with E-state index in [0.717, 1.165) is 37.4 Å². The molecule has 0 fully saturated rings. The Bertz CT molecular complexity index is 827. The standard InChI is InChI=1S/C21H24N2O2/c1-2-9-19-18(8-1)16(13-23-19)7-5-6-12-22-14-17-15-24-20-10-3-4-11-21(20)25-17/h1-4,8-11,13,17,22-23H,5-7,12,14-15H2. The second kappa shape index (κ2) is 7.62. The summed E-state index contributed by atoms with van der Waals surface area (Å²) in [6, 6.07) is 16.3. The first-order chi connectivity index (χ1) is 12.4. The van der Waals surface area contributed by atoms with Gasteiger partial charge in [-0.05, 0) is 49.6 Å². The smallest absolute Gasteiger partial charge is 0.161 e. The Morgan fingerprint density at radius 2 is 1.84 bits per heavy atom. The third-order valence-corrected chi connectivity index (χ3v) is 4.66. The van der Waals surface area contributed by atoms with Gasteiger partial charge in [0.25, 0.3) is 0 Å². The molecule has 130 valence electrons. The molecule has 0 aliphatic carbocycles. The largest absolute Gasteiger partial charge is 0.486 e. The van der Waals surface area contributed by atoms with Crippen LogP contribution in [0.2, 0.25) is 0 Å². The zero-order valence-electron chi connectivity index (χ0n) is 14.3. The number of H-pyrrole nitrogens is 1. The minimum atomic E-state index is 0.0866. The monoisotopic (exact) mass is 336 g/mol. The fourth-order valence-electron chi connectivity index (χ4n) is 3.33. The van der Waals surface area contributed by atoms with Crippen LogP contribution in [-0.4, -0.2) is 30.8 Å². The molecule has 2 N–H and O–H groups in total. The number of aryl methyl sites for hydroxylation is 1. The van der Waals surface area contributed by atoms with Crippen molar-refractivity contribution in [3.05, 3.63) is 60.3 Å². The maximum atomic E-state index is 5.95. The summed E-state index contributed by atoms with van der Waals surface area (Å²) in [7, 11) is 0. The number of ether oxygens (including phenoxy) is 2. The van der Waals surface area contributed by atoms with Gasteiger partial charge in [-0.1, -0.05) is 30.3 Å². The van der Waals surface area contributed by atoms with Gasteiger partial charge in [-0.25, -0.2) is 0 Å². The highest BCUT2D eigenvalue weighted by Crippen LogP contribution is 2.30. The van der Waals surface area contributed by atoms with Crippen molar-refractivity contribution in [2.24, 2.45) is 0 Å². The molecule has 2 heterocycles. The molecule has 4 rings (SSSR count). The molecule has 2 aromatic carbocycles. The van der Waals surface area contributed by atoms with Gasteiger partial charge in [0.15, 0.2) is 11.5 Å². The Hall–Kier alpha value is -2.46. The van der Waals surface area contributed by atoms with Gasteiger partial charge >= 0.3 is 0 Å². The number of nitrogens with one attached hydrogen (secondary N) is 2. The summed E-state index contributed by atoms with van der Waals surface area (Å²) in [5, 5.41) is 4.84. The molecule has 1 aliphatic rings. The van der Waals surface area contributed by atoms with Gasteiger partial charge in [-0.2, -0.15) is 0 Å². The fraction of sp³-hybridized carbons (Fsp3) is 0.333. The lowest BCUT2D eigenvalue weighted by molar-refractivity contribution is 0.0905. The third-order valence-electron chi connectivity index (χ3n) is 4.66. The van der Waals surface area contributed by atoms with Crippen molar-refractivity contribution in [3.8, 4) is 11.5 Å². The lowest BCUT2D eigenvalue weighted by Crippen LogP contribution is -2.38. The molecule has 0 saturated carbocycles. The molecule has 1 atom stereocenters. The van der Waals surface area contributed by atoms with E-state index in [-0.39, 0.29) is 6.10 Å². The van der Waals surface area contributed by atoms with Crippen LogP contribution in [0.15, 0.2) is 54.7 Å². The van der Waals surface area contributed by atoms with Crippen LogP contribution in [0, 0.1) is 0 Å². The summed E-state index contributed by atoms with van der Waals surface area (Å²) in [5.74, 6) is 1.69. The summed E-state index contributed by atoms with van der Waals surface area (Å²) >= 11 is 0. The van der Waals surface area contributed by atoms with E-state index in [9.17, 15) is 0 Å². The fourth-order valence-corrected chi connectivity index (χ4v) is 3.33. The molecule has 0 amide bonds. The Labute approximate surface area is 148 Å². The Balaban J connectivity index is 1.16. The van der Waals surface area contributed by atoms with Crippen molar-refractivity contribution in [1.82, 2.24) is 10.3 Å². The number of para-hydroxylation sites is 3. The number of fused-ring (bicyclic) bond motifs is 2. The molecular formula is C21H24N2O2. The average molecular weight is 336 g/mol. The molecule has 25 heavy (non-hydrogen) atoms. The van der Waals surface area contributed by atoms with Crippen LogP contribution in [0.4, 0.5) is 0 Å². The predicted octanol–water partition coefficient (Wildman–Crippen LogP) is 3.92. The lowest BCUT2D eigenvalue weighted by Gasteiger charge is -2.26. The topological polar surface area (TPSA) is 46.3 Å². The average Bonchev–Trinajstić information content (AvgIpc) is 3.08.